The summed E-state index contributed by atoms with van der Waals surface area (Å²) in [6, 6.07) is 0.528. The third-order valence-corrected chi connectivity index (χ3v) is 2.45. The summed E-state index contributed by atoms with van der Waals surface area (Å²) in [5.41, 5.74) is 5.64. The van der Waals surface area contributed by atoms with E-state index >= 15 is 0 Å². The molecule has 1 aromatic rings. The van der Waals surface area contributed by atoms with Crippen LogP contribution in [0.15, 0.2) is 0 Å². The van der Waals surface area contributed by atoms with Gasteiger partial charge < -0.3 is 20.7 Å². The summed E-state index contributed by atoms with van der Waals surface area (Å²) >= 11 is 0. The smallest absolute Gasteiger partial charge is 0.323 e. The van der Waals surface area contributed by atoms with Crippen molar-refractivity contribution in [3.8, 4) is 6.01 Å². The zero-order valence-corrected chi connectivity index (χ0v) is 12.2. The molecule has 0 aromatic carbocycles. The van der Waals surface area contributed by atoms with Crippen LogP contribution >= 0.6 is 0 Å². The Kier molecular flexibility index (Phi) is 6.27. The molecule has 0 saturated carbocycles. The van der Waals surface area contributed by atoms with Crippen molar-refractivity contribution in [1.82, 2.24) is 19.9 Å². The first-order valence-corrected chi connectivity index (χ1v) is 6.57. The van der Waals surface area contributed by atoms with Crippen LogP contribution in [0.4, 0.5) is 11.9 Å². The number of rotatable bonds is 8. The maximum absolute atomic E-state index is 5.64. The van der Waals surface area contributed by atoms with E-state index in [0.29, 0.717) is 12.6 Å². The Morgan fingerprint density at radius 2 is 2.05 bits per heavy atom. The third-order valence-electron chi connectivity index (χ3n) is 2.45. The predicted octanol–water partition coefficient (Wildman–Crippen LogP) is 0.995. The van der Waals surface area contributed by atoms with Crippen LogP contribution in [0.2, 0.25) is 0 Å². The highest BCUT2D eigenvalue weighted by atomic mass is 16.5. The van der Waals surface area contributed by atoms with Crippen molar-refractivity contribution < 1.29 is 4.74 Å². The molecule has 0 fully saturated rings. The lowest BCUT2D eigenvalue weighted by Crippen LogP contribution is -2.24. The zero-order chi connectivity index (χ0) is 14.3. The van der Waals surface area contributed by atoms with Crippen molar-refractivity contribution in [2.45, 2.75) is 32.7 Å². The number of nitrogens with one attached hydrogen (secondary N) is 1. The number of nitrogens with two attached hydrogens (primary N) is 1. The lowest BCUT2D eigenvalue weighted by Gasteiger charge is -2.16. The van der Waals surface area contributed by atoms with Crippen LogP contribution in [-0.4, -0.2) is 53.1 Å². The minimum Gasteiger partial charge on any atom is -0.463 e. The Labute approximate surface area is 114 Å². The van der Waals surface area contributed by atoms with Gasteiger partial charge in [-0.3, -0.25) is 0 Å². The van der Waals surface area contributed by atoms with E-state index in [1.165, 1.54) is 0 Å². The van der Waals surface area contributed by atoms with E-state index in [0.717, 1.165) is 19.4 Å². The molecule has 1 atom stereocenters. The van der Waals surface area contributed by atoms with Crippen LogP contribution < -0.4 is 15.8 Å². The molecule has 0 radical (unpaired) electrons. The van der Waals surface area contributed by atoms with Crippen LogP contribution in [0.3, 0.4) is 0 Å². The molecule has 108 valence electrons. The van der Waals surface area contributed by atoms with Gasteiger partial charge in [0.05, 0.1) is 6.61 Å². The monoisotopic (exact) mass is 268 g/mol. The van der Waals surface area contributed by atoms with Crippen molar-refractivity contribution >= 4 is 11.9 Å². The molecule has 1 unspecified atom stereocenters. The molecule has 0 aliphatic rings. The van der Waals surface area contributed by atoms with E-state index in [4.69, 9.17) is 10.5 Å². The predicted molar refractivity (Wildman–Crippen MR) is 76.3 cm³/mol. The Morgan fingerprint density at radius 1 is 1.32 bits per heavy atom. The minimum absolute atomic E-state index is 0.170. The molecule has 7 heteroatoms. The first-order valence-electron chi connectivity index (χ1n) is 6.57. The van der Waals surface area contributed by atoms with Crippen molar-refractivity contribution in [3.05, 3.63) is 0 Å². The van der Waals surface area contributed by atoms with Crippen LogP contribution in [0.25, 0.3) is 0 Å². The van der Waals surface area contributed by atoms with E-state index in [1.807, 2.05) is 21.0 Å². The van der Waals surface area contributed by atoms with E-state index in [2.05, 4.69) is 32.1 Å². The van der Waals surface area contributed by atoms with E-state index < -0.39 is 0 Å². The highest BCUT2D eigenvalue weighted by molar-refractivity contribution is 5.33. The molecule has 3 N–H and O–H groups in total. The fraction of sp³-hybridized carbons (Fsp3) is 0.750. The molecule has 0 aliphatic carbocycles. The van der Waals surface area contributed by atoms with Crippen molar-refractivity contribution in [2.75, 3.05) is 38.3 Å². The highest BCUT2D eigenvalue weighted by Gasteiger charge is 2.08. The zero-order valence-electron chi connectivity index (χ0n) is 12.2. The average molecular weight is 268 g/mol. The average Bonchev–Trinajstić information content (AvgIpc) is 2.33. The first-order chi connectivity index (χ1) is 9.01. The van der Waals surface area contributed by atoms with Gasteiger partial charge in [0.1, 0.15) is 0 Å². The van der Waals surface area contributed by atoms with Gasteiger partial charge in [-0.25, -0.2) is 0 Å². The summed E-state index contributed by atoms with van der Waals surface area (Å²) in [7, 11) is 4.09. The van der Waals surface area contributed by atoms with Gasteiger partial charge in [-0.15, -0.1) is 0 Å². The van der Waals surface area contributed by atoms with Crippen molar-refractivity contribution in [1.29, 1.82) is 0 Å². The number of nitrogens with zero attached hydrogens (tertiary/aromatic N) is 4. The first kappa shape index (κ1) is 15.4. The molecular formula is C12H24N6O. The topological polar surface area (TPSA) is 89.2 Å². The molecule has 1 rings (SSSR count). The fourth-order valence-corrected chi connectivity index (χ4v) is 1.44. The number of ether oxygens (including phenoxy) is 1. The number of nitrogen functional groups attached to an aromatic ring is 1. The molecule has 19 heavy (non-hydrogen) atoms. The molecule has 0 saturated heterocycles. The van der Waals surface area contributed by atoms with Gasteiger partial charge in [0.2, 0.25) is 11.9 Å². The summed E-state index contributed by atoms with van der Waals surface area (Å²) in [5, 5.41) is 3.21. The number of aromatic nitrogens is 3. The van der Waals surface area contributed by atoms with E-state index in [9.17, 15) is 0 Å². The van der Waals surface area contributed by atoms with Gasteiger partial charge in [0, 0.05) is 6.04 Å². The minimum atomic E-state index is 0.170. The molecule has 1 heterocycles. The second kappa shape index (κ2) is 7.73. The van der Waals surface area contributed by atoms with Gasteiger partial charge in [-0.1, -0.05) is 6.92 Å². The van der Waals surface area contributed by atoms with Gasteiger partial charge in [0.15, 0.2) is 0 Å². The second-order valence-corrected chi connectivity index (χ2v) is 4.79. The molecule has 1 aromatic heterocycles. The molecule has 0 bridgehead atoms. The quantitative estimate of drug-likeness (QED) is 0.726. The highest BCUT2D eigenvalue weighted by Crippen LogP contribution is 2.11. The lowest BCUT2D eigenvalue weighted by molar-refractivity contribution is 0.292. The molecule has 0 amide bonds. The van der Waals surface area contributed by atoms with Crippen LogP contribution in [-0.2, 0) is 0 Å². The van der Waals surface area contributed by atoms with E-state index in [1.54, 1.807) is 0 Å². The normalized spacial score (nSPS) is 12.5. The summed E-state index contributed by atoms with van der Waals surface area (Å²) in [6.45, 7) is 5.66. The molecule has 0 aliphatic heterocycles. The standard InChI is InChI=1S/C12H24N6O/c1-5-8-19-12-16-10(13)15-11(17-12)14-9(2)6-7-18(3)4/h9H,5-8H2,1-4H3,(H3,13,14,15,16,17). The molecule has 7 nitrogen and oxygen atoms in total. The number of hydrogen-bond donors (Lipinski definition) is 2. The molecule has 0 spiro atoms. The van der Waals surface area contributed by atoms with Crippen LogP contribution in [0.1, 0.15) is 26.7 Å². The fourth-order valence-electron chi connectivity index (χ4n) is 1.44. The maximum atomic E-state index is 5.64. The maximum Gasteiger partial charge on any atom is 0.323 e. The summed E-state index contributed by atoms with van der Waals surface area (Å²) in [5.74, 6) is 0.633. The van der Waals surface area contributed by atoms with Gasteiger partial charge in [-0.05, 0) is 40.4 Å². The van der Waals surface area contributed by atoms with Crippen LogP contribution in [0, 0.1) is 0 Å². The third kappa shape index (κ3) is 6.19. The van der Waals surface area contributed by atoms with Crippen molar-refractivity contribution in [3.63, 3.8) is 0 Å². The number of hydrogen-bond acceptors (Lipinski definition) is 7. The van der Waals surface area contributed by atoms with Gasteiger partial charge in [0.25, 0.3) is 0 Å². The Bertz CT molecular complexity index is 384. The second-order valence-electron chi connectivity index (χ2n) is 4.79. The van der Waals surface area contributed by atoms with Gasteiger partial charge in [-0.2, -0.15) is 15.0 Å². The SMILES string of the molecule is CCCOc1nc(N)nc(NC(C)CCN(C)C)n1. The van der Waals surface area contributed by atoms with E-state index in [-0.39, 0.29) is 18.0 Å². The summed E-state index contributed by atoms with van der Waals surface area (Å²) in [6.07, 6.45) is 1.89. The Morgan fingerprint density at radius 3 is 2.68 bits per heavy atom. The summed E-state index contributed by atoms with van der Waals surface area (Å²) < 4.78 is 5.37. The Hall–Kier alpha value is -1.63. The largest absolute Gasteiger partial charge is 0.463 e. The van der Waals surface area contributed by atoms with Gasteiger partial charge >= 0.3 is 6.01 Å². The summed E-state index contributed by atoms with van der Waals surface area (Å²) in [4.78, 5) is 14.3. The van der Waals surface area contributed by atoms with Crippen LogP contribution in [0.5, 0.6) is 6.01 Å². The Balaban J connectivity index is 2.59. The lowest BCUT2D eigenvalue weighted by atomic mass is 10.2. The number of anilines is 2. The molecular weight excluding hydrogens is 244 g/mol. The van der Waals surface area contributed by atoms with Crippen molar-refractivity contribution in [2.24, 2.45) is 0 Å².